The molecule has 0 bridgehead atoms. The molecular formula is C17H22NO2+. The minimum atomic E-state index is 0.502. The number of rotatable bonds is 5. The maximum absolute atomic E-state index is 5.69. The Balaban J connectivity index is 1.89. The summed E-state index contributed by atoms with van der Waals surface area (Å²) in [5.41, 5.74) is 1.32. The van der Waals surface area contributed by atoms with Crippen LogP contribution >= 0.6 is 0 Å². The molecule has 106 valence electrons. The molecule has 0 radical (unpaired) electrons. The van der Waals surface area contributed by atoms with Gasteiger partial charge in [0.25, 0.3) is 0 Å². The molecule has 2 aliphatic rings. The average Bonchev–Trinajstić information content (AvgIpc) is 3.03. The summed E-state index contributed by atoms with van der Waals surface area (Å²) in [4.78, 5) is 0. The normalized spacial score (nSPS) is 25.9. The van der Waals surface area contributed by atoms with Crippen LogP contribution in [0.15, 0.2) is 43.5 Å². The lowest BCUT2D eigenvalue weighted by Gasteiger charge is -2.20. The molecule has 3 nitrogen and oxygen atoms in total. The highest BCUT2D eigenvalue weighted by molar-refractivity contribution is 5.45. The molecule has 1 aromatic rings. The van der Waals surface area contributed by atoms with Gasteiger partial charge in [-0.15, -0.1) is 0 Å². The maximum Gasteiger partial charge on any atom is 0.168 e. The molecule has 2 unspecified atom stereocenters. The van der Waals surface area contributed by atoms with Crippen molar-refractivity contribution in [1.82, 2.24) is 0 Å². The Hall–Kier alpha value is -1.74. The zero-order valence-corrected chi connectivity index (χ0v) is 12.0. The zero-order valence-electron chi connectivity index (χ0n) is 12.0. The largest absolute Gasteiger partial charge is 0.486 e. The first-order valence-corrected chi connectivity index (χ1v) is 7.20. The summed E-state index contributed by atoms with van der Waals surface area (Å²) in [6.45, 7) is 13.3. The quantitative estimate of drug-likeness (QED) is 0.466. The highest BCUT2D eigenvalue weighted by atomic mass is 16.6. The zero-order chi connectivity index (χ0) is 14.2. The van der Waals surface area contributed by atoms with Crippen molar-refractivity contribution in [1.29, 1.82) is 0 Å². The standard InChI is InChI=1S/C17H22NO2/c1-4-8-18(9-5-2)13(3)17(18)14-6-7-15-16(12-14)20-11-10-19-15/h4-7,12-13,17H,1-2,8-11H2,3H3/q+1. The summed E-state index contributed by atoms with van der Waals surface area (Å²) < 4.78 is 12.3. The van der Waals surface area contributed by atoms with E-state index in [1.165, 1.54) is 5.56 Å². The van der Waals surface area contributed by atoms with Crippen LogP contribution in [0.4, 0.5) is 0 Å². The van der Waals surface area contributed by atoms with Crippen molar-refractivity contribution in [3.63, 3.8) is 0 Å². The van der Waals surface area contributed by atoms with Gasteiger partial charge < -0.3 is 9.47 Å². The predicted molar refractivity (Wildman–Crippen MR) is 80.0 cm³/mol. The third-order valence-electron chi connectivity index (χ3n) is 4.58. The molecule has 0 N–H and O–H groups in total. The van der Waals surface area contributed by atoms with Crippen molar-refractivity contribution < 1.29 is 14.0 Å². The minimum absolute atomic E-state index is 0.502. The minimum Gasteiger partial charge on any atom is -0.486 e. The van der Waals surface area contributed by atoms with Crippen LogP contribution in [0.25, 0.3) is 0 Å². The van der Waals surface area contributed by atoms with Crippen LogP contribution in [0.1, 0.15) is 18.5 Å². The monoisotopic (exact) mass is 272 g/mol. The van der Waals surface area contributed by atoms with Gasteiger partial charge in [-0.2, -0.15) is 0 Å². The first kappa shape index (κ1) is 13.3. The van der Waals surface area contributed by atoms with Gasteiger partial charge in [-0.05, 0) is 37.3 Å². The van der Waals surface area contributed by atoms with Gasteiger partial charge in [0.2, 0.25) is 0 Å². The summed E-state index contributed by atoms with van der Waals surface area (Å²) >= 11 is 0. The molecule has 2 aliphatic heterocycles. The van der Waals surface area contributed by atoms with E-state index in [-0.39, 0.29) is 0 Å². The van der Waals surface area contributed by atoms with Gasteiger partial charge in [-0.1, -0.05) is 13.2 Å². The Kier molecular flexibility index (Phi) is 3.30. The van der Waals surface area contributed by atoms with Gasteiger partial charge in [0, 0.05) is 5.56 Å². The molecule has 20 heavy (non-hydrogen) atoms. The molecule has 0 amide bonds. The first-order chi connectivity index (χ1) is 9.73. The van der Waals surface area contributed by atoms with E-state index in [0.29, 0.717) is 25.3 Å². The Labute approximate surface area is 120 Å². The van der Waals surface area contributed by atoms with E-state index in [4.69, 9.17) is 9.47 Å². The number of hydrogen-bond donors (Lipinski definition) is 0. The van der Waals surface area contributed by atoms with E-state index >= 15 is 0 Å². The molecule has 0 spiro atoms. The number of quaternary nitrogens is 1. The summed E-state index contributed by atoms with van der Waals surface area (Å²) in [5, 5.41) is 0. The van der Waals surface area contributed by atoms with Gasteiger partial charge in [0.15, 0.2) is 17.5 Å². The van der Waals surface area contributed by atoms with E-state index in [2.05, 4.69) is 32.2 Å². The second kappa shape index (κ2) is 4.98. The van der Waals surface area contributed by atoms with E-state index in [9.17, 15) is 0 Å². The van der Waals surface area contributed by atoms with E-state index in [0.717, 1.165) is 29.1 Å². The predicted octanol–water partition coefficient (Wildman–Crippen LogP) is 3.09. The number of fused-ring (bicyclic) bond motifs is 1. The van der Waals surface area contributed by atoms with Gasteiger partial charge in [0.05, 0.1) is 13.1 Å². The Morgan fingerprint density at radius 2 is 1.80 bits per heavy atom. The summed E-state index contributed by atoms with van der Waals surface area (Å²) in [7, 11) is 0. The van der Waals surface area contributed by atoms with E-state index < -0.39 is 0 Å². The van der Waals surface area contributed by atoms with Gasteiger partial charge in [-0.3, -0.25) is 4.48 Å². The molecule has 1 fully saturated rings. The van der Waals surface area contributed by atoms with Crippen molar-refractivity contribution >= 4 is 0 Å². The lowest BCUT2D eigenvalue weighted by molar-refractivity contribution is -0.816. The van der Waals surface area contributed by atoms with Crippen LogP contribution in [0.2, 0.25) is 0 Å². The smallest absolute Gasteiger partial charge is 0.168 e. The van der Waals surface area contributed by atoms with Crippen LogP contribution in [0, 0.1) is 0 Å². The third kappa shape index (κ3) is 1.93. The van der Waals surface area contributed by atoms with Gasteiger partial charge in [-0.25, -0.2) is 0 Å². The molecule has 1 aromatic carbocycles. The van der Waals surface area contributed by atoms with Crippen LogP contribution < -0.4 is 9.47 Å². The molecule has 0 aromatic heterocycles. The van der Waals surface area contributed by atoms with Crippen molar-refractivity contribution in [2.24, 2.45) is 0 Å². The fourth-order valence-corrected chi connectivity index (χ4v) is 3.55. The average molecular weight is 272 g/mol. The molecule has 2 atom stereocenters. The summed E-state index contributed by atoms with van der Waals surface area (Å²) in [5.74, 6) is 1.74. The Morgan fingerprint density at radius 3 is 2.45 bits per heavy atom. The molecule has 2 heterocycles. The van der Waals surface area contributed by atoms with Crippen LogP contribution in [0.5, 0.6) is 11.5 Å². The number of nitrogens with zero attached hydrogens (tertiary/aromatic N) is 1. The highest BCUT2D eigenvalue weighted by Gasteiger charge is 2.62. The van der Waals surface area contributed by atoms with Gasteiger partial charge >= 0.3 is 0 Å². The Morgan fingerprint density at radius 1 is 1.15 bits per heavy atom. The van der Waals surface area contributed by atoms with Crippen LogP contribution in [-0.2, 0) is 0 Å². The molecule has 0 aliphatic carbocycles. The van der Waals surface area contributed by atoms with Crippen molar-refractivity contribution in [3.05, 3.63) is 49.1 Å². The highest BCUT2D eigenvalue weighted by Crippen LogP contribution is 2.53. The number of benzene rings is 1. The van der Waals surface area contributed by atoms with Crippen molar-refractivity contribution in [2.45, 2.75) is 19.0 Å². The maximum atomic E-state index is 5.69. The van der Waals surface area contributed by atoms with Crippen LogP contribution in [0.3, 0.4) is 0 Å². The SMILES string of the molecule is C=CC[N+]1(CC=C)C(C)C1c1ccc2c(c1)OCCO2. The molecule has 3 heteroatoms. The third-order valence-corrected chi connectivity index (χ3v) is 4.58. The lowest BCUT2D eigenvalue weighted by Crippen LogP contribution is -2.29. The number of hydrogen-bond acceptors (Lipinski definition) is 2. The van der Waals surface area contributed by atoms with E-state index in [1.807, 2.05) is 18.2 Å². The lowest BCUT2D eigenvalue weighted by atomic mass is 10.1. The molecule has 0 saturated carbocycles. The topological polar surface area (TPSA) is 18.5 Å². The number of ether oxygens (including phenoxy) is 2. The van der Waals surface area contributed by atoms with Crippen molar-refractivity contribution in [3.8, 4) is 11.5 Å². The Bertz CT molecular complexity index is 528. The molecule has 1 saturated heterocycles. The van der Waals surface area contributed by atoms with Crippen molar-refractivity contribution in [2.75, 3.05) is 26.3 Å². The van der Waals surface area contributed by atoms with E-state index in [1.54, 1.807) is 0 Å². The fraction of sp³-hybridized carbons (Fsp3) is 0.412. The molecular weight excluding hydrogens is 250 g/mol. The van der Waals surface area contributed by atoms with Gasteiger partial charge in [0.1, 0.15) is 19.3 Å². The summed E-state index contributed by atoms with van der Waals surface area (Å²) in [6, 6.07) is 7.43. The summed E-state index contributed by atoms with van der Waals surface area (Å²) in [6.07, 6.45) is 4.02. The second-order valence-corrected chi connectivity index (χ2v) is 5.63. The first-order valence-electron chi connectivity index (χ1n) is 7.20. The fourth-order valence-electron chi connectivity index (χ4n) is 3.55. The van der Waals surface area contributed by atoms with Crippen LogP contribution in [-0.4, -0.2) is 36.8 Å². The molecule has 3 rings (SSSR count). The second-order valence-electron chi connectivity index (χ2n) is 5.63.